The SMILES string of the molecule is C=CCOCc1cccc([C@H](O)[C@@H]2OC3OC(C)(C)O[C@H]3[C@@H]2O)c1. The fourth-order valence-electron chi connectivity index (χ4n) is 3.09. The minimum absolute atomic E-state index is 0.423. The summed E-state index contributed by atoms with van der Waals surface area (Å²) in [6, 6.07) is 7.37. The Morgan fingerprint density at radius 1 is 1.38 bits per heavy atom. The second kappa shape index (κ2) is 6.92. The van der Waals surface area contributed by atoms with Gasteiger partial charge in [0.1, 0.15) is 24.4 Å². The van der Waals surface area contributed by atoms with Crippen molar-refractivity contribution in [2.75, 3.05) is 6.61 Å². The van der Waals surface area contributed by atoms with E-state index in [1.165, 1.54) is 0 Å². The summed E-state index contributed by atoms with van der Waals surface area (Å²) in [6.07, 6.45) is -2.34. The number of aliphatic hydroxyl groups excluding tert-OH is 2. The highest BCUT2D eigenvalue weighted by Gasteiger charge is 2.56. The van der Waals surface area contributed by atoms with Gasteiger partial charge in [-0.25, -0.2) is 0 Å². The lowest BCUT2D eigenvalue weighted by atomic mass is 9.98. The molecule has 0 bridgehead atoms. The Kier molecular flexibility index (Phi) is 5.05. The molecule has 0 amide bonds. The van der Waals surface area contributed by atoms with Gasteiger partial charge in [0.05, 0.1) is 13.2 Å². The maximum atomic E-state index is 10.6. The molecule has 24 heavy (non-hydrogen) atoms. The van der Waals surface area contributed by atoms with Crippen molar-refractivity contribution in [3.8, 4) is 0 Å². The maximum absolute atomic E-state index is 10.6. The van der Waals surface area contributed by atoms with Crippen LogP contribution in [0.5, 0.6) is 0 Å². The average molecular weight is 336 g/mol. The van der Waals surface area contributed by atoms with E-state index in [0.29, 0.717) is 18.8 Å². The number of benzene rings is 1. The molecule has 0 spiro atoms. The molecule has 3 rings (SSSR count). The molecule has 0 saturated carbocycles. The first kappa shape index (κ1) is 17.5. The van der Waals surface area contributed by atoms with E-state index in [1.807, 2.05) is 18.2 Å². The van der Waals surface area contributed by atoms with Crippen molar-refractivity contribution in [2.45, 2.75) is 56.9 Å². The lowest BCUT2D eigenvalue weighted by molar-refractivity contribution is -0.226. The fourth-order valence-corrected chi connectivity index (χ4v) is 3.09. The van der Waals surface area contributed by atoms with Gasteiger partial charge in [-0.15, -0.1) is 6.58 Å². The smallest absolute Gasteiger partial charge is 0.190 e. The molecule has 2 saturated heterocycles. The molecule has 1 aromatic rings. The summed E-state index contributed by atoms with van der Waals surface area (Å²) in [7, 11) is 0. The van der Waals surface area contributed by atoms with Gasteiger partial charge >= 0.3 is 0 Å². The molecule has 0 aliphatic carbocycles. The van der Waals surface area contributed by atoms with Crippen molar-refractivity contribution in [3.05, 3.63) is 48.0 Å². The minimum atomic E-state index is -0.986. The van der Waals surface area contributed by atoms with Gasteiger partial charge < -0.3 is 29.2 Å². The van der Waals surface area contributed by atoms with Gasteiger partial charge in [-0.2, -0.15) is 0 Å². The van der Waals surface area contributed by atoms with Crippen LogP contribution in [0.3, 0.4) is 0 Å². The highest BCUT2D eigenvalue weighted by molar-refractivity contribution is 5.26. The Hall–Kier alpha value is -1.28. The molecule has 0 radical (unpaired) electrons. The number of fused-ring (bicyclic) bond motifs is 1. The Morgan fingerprint density at radius 3 is 2.88 bits per heavy atom. The van der Waals surface area contributed by atoms with E-state index in [2.05, 4.69) is 6.58 Å². The van der Waals surface area contributed by atoms with E-state index in [-0.39, 0.29) is 0 Å². The van der Waals surface area contributed by atoms with Crippen molar-refractivity contribution >= 4 is 0 Å². The topological polar surface area (TPSA) is 77.4 Å². The highest BCUT2D eigenvalue weighted by atomic mass is 16.8. The molecule has 6 nitrogen and oxygen atoms in total. The van der Waals surface area contributed by atoms with Crippen molar-refractivity contribution in [3.63, 3.8) is 0 Å². The Labute approximate surface area is 141 Å². The maximum Gasteiger partial charge on any atom is 0.190 e. The third-order valence-corrected chi connectivity index (χ3v) is 4.16. The number of aliphatic hydroxyl groups is 2. The molecule has 0 aromatic heterocycles. The van der Waals surface area contributed by atoms with Gasteiger partial charge in [0.15, 0.2) is 12.1 Å². The molecule has 5 atom stereocenters. The van der Waals surface area contributed by atoms with Crippen LogP contribution in [0.15, 0.2) is 36.9 Å². The van der Waals surface area contributed by atoms with Gasteiger partial charge in [-0.1, -0.05) is 30.3 Å². The van der Waals surface area contributed by atoms with Crippen molar-refractivity contribution in [2.24, 2.45) is 0 Å². The van der Waals surface area contributed by atoms with Crippen LogP contribution >= 0.6 is 0 Å². The average Bonchev–Trinajstić information content (AvgIpc) is 3.00. The minimum Gasteiger partial charge on any atom is -0.387 e. The quantitative estimate of drug-likeness (QED) is 0.608. The van der Waals surface area contributed by atoms with E-state index in [1.54, 1.807) is 26.0 Å². The predicted molar refractivity (Wildman–Crippen MR) is 86.0 cm³/mol. The molecule has 2 N–H and O–H groups in total. The summed E-state index contributed by atoms with van der Waals surface area (Å²) in [6.45, 7) is 8.02. The van der Waals surface area contributed by atoms with Crippen LogP contribution in [-0.2, 0) is 25.6 Å². The van der Waals surface area contributed by atoms with Crippen LogP contribution in [0.25, 0.3) is 0 Å². The number of ether oxygens (including phenoxy) is 4. The largest absolute Gasteiger partial charge is 0.387 e. The summed E-state index contributed by atoms with van der Waals surface area (Å²) in [4.78, 5) is 0. The van der Waals surface area contributed by atoms with Crippen molar-refractivity contribution in [1.29, 1.82) is 0 Å². The van der Waals surface area contributed by atoms with Crippen LogP contribution in [0, 0.1) is 0 Å². The van der Waals surface area contributed by atoms with Crippen LogP contribution in [0.2, 0.25) is 0 Å². The monoisotopic (exact) mass is 336 g/mol. The zero-order valence-electron chi connectivity index (χ0n) is 13.9. The molecular formula is C18H24O6. The molecular weight excluding hydrogens is 312 g/mol. The van der Waals surface area contributed by atoms with Crippen LogP contribution in [0.1, 0.15) is 31.1 Å². The first-order chi connectivity index (χ1) is 11.4. The number of hydrogen-bond acceptors (Lipinski definition) is 6. The summed E-state index contributed by atoms with van der Waals surface area (Å²) < 4.78 is 22.4. The van der Waals surface area contributed by atoms with Crippen LogP contribution in [0.4, 0.5) is 0 Å². The third-order valence-electron chi connectivity index (χ3n) is 4.16. The summed E-state index contributed by atoms with van der Waals surface area (Å²) in [5.41, 5.74) is 1.58. The second-order valence-corrected chi connectivity index (χ2v) is 6.55. The first-order valence-electron chi connectivity index (χ1n) is 8.06. The lowest BCUT2D eigenvalue weighted by Crippen LogP contribution is -2.37. The summed E-state index contributed by atoms with van der Waals surface area (Å²) in [5.74, 6) is -0.797. The Morgan fingerprint density at radius 2 is 2.17 bits per heavy atom. The van der Waals surface area contributed by atoms with Crippen LogP contribution < -0.4 is 0 Å². The van der Waals surface area contributed by atoms with Gasteiger partial charge in [0.25, 0.3) is 0 Å². The third kappa shape index (κ3) is 3.54. The Bertz CT molecular complexity index is 587. The number of rotatable bonds is 6. The lowest BCUT2D eigenvalue weighted by Gasteiger charge is -2.26. The molecule has 1 unspecified atom stereocenters. The highest BCUT2D eigenvalue weighted by Crippen LogP contribution is 2.40. The summed E-state index contributed by atoms with van der Waals surface area (Å²) >= 11 is 0. The molecule has 132 valence electrons. The molecule has 1 aromatic carbocycles. The van der Waals surface area contributed by atoms with E-state index >= 15 is 0 Å². The van der Waals surface area contributed by atoms with Crippen LogP contribution in [-0.4, -0.2) is 47.2 Å². The normalized spacial score (nSPS) is 32.5. The van der Waals surface area contributed by atoms with E-state index in [0.717, 1.165) is 5.56 Å². The molecule has 2 fully saturated rings. The van der Waals surface area contributed by atoms with Crippen molar-refractivity contribution in [1.82, 2.24) is 0 Å². The molecule has 6 heteroatoms. The summed E-state index contributed by atoms with van der Waals surface area (Å²) in [5, 5.41) is 21.1. The fraction of sp³-hybridized carbons (Fsp3) is 0.556. The zero-order valence-corrected chi connectivity index (χ0v) is 13.9. The van der Waals surface area contributed by atoms with Gasteiger partial charge in [0.2, 0.25) is 0 Å². The van der Waals surface area contributed by atoms with Gasteiger partial charge in [0, 0.05) is 0 Å². The van der Waals surface area contributed by atoms with Gasteiger partial charge in [-0.05, 0) is 25.0 Å². The standard InChI is InChI=1S/C18H24O6/c1-4-8-21-10-11-6-5-7-12(9-11)13(19)15-14(20)16-17(22-15)24-18(2,3)23-16/h4-7,9,13-17,19-20H,1,8,10H2,2-3H3/t13-,14+,15-,16-,17?/m0/s1. The second-order valence-electron chi connectivity index (χ2n) is 6.55. The molecule has 2 heterocycles. The number of hydrogen-bond donors (Lipinski definition) is 2. The Balaban J connectivity index is 1.68. The first-order valence-corrected chi connectivity index (χ1v) is 8.06. The van der Waals surface area contributed by atoms with Gasteiger partial charge in [-0.3, -0.25) is 0 Å². The molecule has 2 aliphatic rings. The van der Waals surface area contributed by atoms with E-state index in [9.17, 15) is 10.2 Å². The predicted octanol–water partition coefficient (Wildman–Crippen LogP) is 1.66. The molecule has 2 aliphatic heterocycles. The van der Waals surface area contributed by atoms with E-state index in [4.69, 9.17) is 18.9 Å². The zero-order chi connectivity index (χ0) is 17.3. The van der Waals surface area contributed by atoms with Crippen molar-refractivity contribution < 1.29 is 29.2 Å². The van der Waals surface area contributed by atoms with E-state index < -0.39 is 36.5 Å².